The summed E-state index contributed by atoms with van der Waals surface area (Å²) in [5.74, 6) is 1.14. The quantitative estimate of drug-likeness (QED) is 0.350. The van der Waals surface area contributed by atoms with Gasteiger partial charge in [0, 0.05) is 25.6 Å². The second-order valence-corrected chi connectivity index (χ2v) is 13.0. The van der Waals surface area contributed by atoms with Crippen molar-refractivity contribution in [1.29, 1.82) is 5.26 Å². The first-order valence-corrected chi connectivity index (χ1v) is 15.8. The van der Waals surface area contributed by atoms with E-state index in [-0.39, 0.29) is 17.7 Å². The van der Waals surface area contributed by atoms with Gasteiger partial charge in [0.05, 0.1) is 11.6 Å². The Morgan fingerprint density at radius 2 is 1.76 bits per heavy atom. The number of piperidine rings is 1. The molecule has 5 nitrogen and oxygen atoms in total. The van der Waals surface area contributed by atoms with E-state index in [0.29, 0.717) is 29.9 Å². The molecule has 0 spiro atoms. The van der Waals surface area contributed by atoms with Crippen molar-refractivity contribution in [2.24, 2.45) is 23.7 Å². The number of aliphatic carboxylic acids is 1. The topological polar surface area (TPSA) is 67.6 Å². The van der Waals surface area contributed by atoms with Gasteiger partial charge >= 0.3 is 5.97 Å². The fourth-order valence-electron chi connectivity index (χ4n) is 7.95. The molecule has 3 aliphatic rings. The summed E-state index contributed by atoms with van der Waals surface area (Å²) in [5, 5.41) is 19.3. The number of carbonyl (C=O) groups is 1. The van der Waals surface area contributed by atoms with E-state index in [9.17, 15) is 14.3 Å². The van der Waals surface area contributed by atoms with Gasteiger partial charge in [-0.05, 0) is 111 Å². The molecule has 2 aromatic carbocycles. The third kappa shape index (κ3) is 7.56. The maximum atomic E-state index is 14.3. The van der Waals surface area contributed by atoms with Crippen LogP contribution < -0.4 is 0 Å². The average Bonchev–Trinajstić information content (AvgIpc) is 3.39. The molecule has 2 heterocycles. The van der Waals surface area contributed by atoms with E-state index in [4.69, 9.17) is 5.26 Å². The summed E-state index contributed by atoms with van der Waals surface area (Å²) in [5.41, 5.74) is 3.03. The van der Waals surface area contributed by atoms with Gasteiger partial charge in [0.2, 0.25) is 0 Å². The van der Waals surface area contributed by atoms with Crippen molar-refractivity contribution < 1.29 is 14.3 Å². The fourth-order valence-corrected chi connectivity index (χ4v) is 7.95. The summed E-state index contributed by atoms with van der Waals surface area (Å²) in [6, 6.07) is 16.7. The number of nitrogens with zero attached hydrogens (tertiary/aromatic N) is 3. The van der Waals surface area contributed by atoms with E-state index in [1.807, 2.05) is 18.2 Å². The highest BCUT2D eigenvalue weighted by Gasteiger charge is 2.43. The summed E-state index contributed by atoms with van der Waals surface area (Å²) < 4.78 is 14.3. The summed E-state index contributed by atoms with van der Waals surface area (Å²) in [7, 11) is 0. The van der Waals surface area contributed by atoms with Gasteiger partial charge in [-0.2, -0.15) is 5.26 Å². The van der Waals surface area contributed by atoms with Crippen molar-refractivity contribution in [3.63, 3.8) is 0 Å². The van der Waals surface area contributed by atoms with E-state index in [0.717, 1.165) is 70.3 Å². The molecule has 3 fully saturated rings. The molecular weight excluding hydrogens is 513 g/mol. The molecule has 4 unspecified atom stereocenters. The SMILES string of the molecule is CC(CCc1ccc(C#N)cc1)C1CCN(CC2CN(C(C(=O)O)C3CCCCC3)CC2c2cccc(F)c2)CC1. The van der Waals surface area contributed by atoms with Gasteiger partial charge in [0.25, 0.3) is 0 Å². The fraction of sp³-hybridized carbons (Fsp3) is 0.600. The first-order chi connectivity index (χ1) is 19.9. The normalized spacial score (nSPS) is 24.6. The lowest BCUT2D eigenvalue weighted by Crippen LogP contribution is -2.46. The number of carboxylic acid groups (broad SMARTS) is 1. The molecule has 0 amide bonds. The minimum Gasteiger partial charge on any atom is -0.480 e. The van der Waals surface area contributed by atoms with Crippen LogP contribution in [0.3, 0.4) is 0 Å². The summed E-state index contributed by atoms with van der Waals surface area (Å²) >= 11 is 0. The highest BCUT2D eigenvalue weighted by Crippen LogP contribution is 2.39. The van der Waals surface area contributed by atoms with Crippen molar-refractivity contribution in [3.8, 4) is 6.07 Å². The first kappa shape index (κ1) is 29.7. The van der Waals surface area contributed by atoms with Gasteiger partial charge in [-0.25, -0.2) is 4.39 Å². The predicted octanol–water partition coefficient (Wildman–Crippen LogP) is 6.73. The maximum absolute atomic E-state index is 14.3. The lowest BCUT2D eigenvalue weighted by molar-refractivity contribution is -0.145. The third-order valence-corrected chi connectivity index (χ3v) is 10.4. The van der Waals surface area contributed by atoms with Crippen LogP contribution in [-0.2, 0) is 11.2 Å². The van der Waals surface area contributed by atoms with E-state index in [1.54, 1.807) is 12.1 Å². The number of nitriles is 1. The summed E-state index contributed by atoms with van der Waals surface area (Å²) in [6.45, 7) is 6.95. The standard InChI is InChI=1S/C35H46FN3O2/c1-25(10-11-26-12-14-27(21-37)15-13-26)28-16-18-38(19-17-28)22-31-23-39(24-33(31)30-8-5-9-32(36)20-30)34(35(40)41)29-6-3-2-4-7-29/h5,8-9,12-15,20,25,28-29,31,33-34H,2-4,6-7,10-11,16-19,22-24H2,1H3,(H,40,41). The van der Waals surface area contributed by atoms with Crippen LogP contribution in [0.25, 0.3) is 0 Å². The Bertz CT molecular complexity index is 1180. The molecule has 5 rings (SSSR count). The highest BCUT2D eigenvalue weighted by molar-refractivity contribution is 5.74. The minimum atomic E-state index is -0.689. The number of likely N-dealkylation sites (tertiary alicyclic amines) is 2. The maximum Gasteiger partial charge on any atom is 0.321 e. The van der Waals surface area contributed by atoms with Gasteiger partial charge in [0.1, 0.15) is 11.9 Å². The molecular formula is C35H46FN3O2. The number of halogens is 1. The van der Waals surface area contributed by atoms with Crippen molar-refractivity contribution in [2.75, 3.05) is 32.7 Å². The molecule has 1 N–H and O–H groups in total. The molecule has 220 valence electrons. The third-order valence-electron chi connectivity index (χ3n) is 10.4. The Hall–Kier alpha value is -2.75. The van der Waals surface area contributed by atoms with E-state index >= 15 is 0 Å². The average molecular weight is 560 g/mol. The zero-order valence-electron chi connectivity index (χ0n) is 24.6. The van der Waals surface area contributed by atoms with Crippen LogP contribution in [-0.4, -0.2) is 59.6 Å². The van der Waals surface area contributed by atoms with Gasteiger partial charge in [-0.1, -0.05) is 50.5 Å². The Kier molecular flexibility index (Phi) is 10.1. The lowest BCUT2D eigenvalue weighted by atomic mass is 9.81. The number of aryl methyl sites for hydroxylation is 1. The number of rotatable bonds is 10. The molecule has 2 saturated heterocycles. The molecule has 1 saturated carbocycles. The number of benzene rings is 2. The number of carboxylic acids is 1. The smallest absolute Gasteiger partial charge is 0.321 e. The minimum absolute atomic E-state index is 0.153. The van der Waals surface area contributed by atoms with Crippen molar-refractivity contribution >= 4 is 5.97 Å². The second kappa shape index (κ2) is 13.9. The van der Waals surface area contributed by atoms with Gasteiger partial charge in [-0.3, -0.25) is 9.69 Å². The van der Waals surface area contributed by atoms with E-state index in [2.05, 4.69) is 34.9 Å². The molecule has 0 bridgehead atoms. The first-order valence-electron chi connectivity index (χ1n) is 15.8. The van der Waals surface area contributed by atoms with Crippen molar-refractivity contribution in [1.82, 2.24) is 9.80 Å². The number of hydrogen-bond donors (Lipinski definition) is 1. The van der Waals surface area contributed by atoms with Crippen LogP contribution in [0.4, 0.5) is 4.39 Å². The summed E-state index contributed by atoms with van der Waals surface area (Å²) in [6.07, 6.45) is 10.0. The van der Waals surface area contributed by atoms with Gasteiger partial charge < -0.3 is 10.0 Å². The molecule has 2 aliphatic heterocycles. The Morgan fingerprint density at radius 3 is 2.41 bits per heavy atom. The Balaban J connectivity index is 1.19. The Labute approximate surface area is 245 Å². The molecule has 6 heteroatoms. The molecule has 4 atom stereocenters. The van der Waals surface area contributed by atoms with E-state index in [1.165, 1.54) is 30.9 Å². The monoisotopic (exact) mass is 559 g/mol. The molecule has 1 aliphatic carbocycles. The molecule has 0 aromatic heterocycles. The van der Waals surface area contributed by atoms with Crippen LogP contribution in [0.5, 0.6) is 0 Å². The zero-order valence-corrected chi connectivity index (χ0v) is 24.6. The Morgan fingerprint density at radius 1 is 1.02 bits per heavy atom. The molecule has 0 radical (unpaired) electrons. The highest BCUT2D eigenvalue weighted by atomic mass is 19.1. The molecule has 2 aromatic rings. The zero-order chi connectivity index (χ0) is 28.8. The van der Waals surface area contributed by atoms with Crippen LogP contribution in [0, 0.1) is 40.8 Å². The second-order valence-electron chi connectivity index (χ2n) is 13.0. The van der Waals surface area contributed by atoms with Crippen LogP contribution in [0.1, 0.15) is 80.9 Å². The van der Waals surface area contributed by atoms with Crippen LogP contribution in [0.15, 0.2) is 48.5 Å². The van der Waals surface area contributed by atoms with Crippen LogP contribution in [0.2, 0.25) is 0 Å². The van der Waals surface area contributed by atoms with Gasteiger partial charge in [0.15, 0.2) is 0 Å². The largest absolute Gasteiger partial charge is 0.480 e. The van der Waals surface area contributed by atoms with Crippen molar-refractivity contribution in [2.45, 2.75) is 76.7 Å². The van der Waals surface area contributed by atoms with Gasteiger partial charge in [-0.15, -0.1) is 0 Å². The van der Waals surface area contributed by atoms with E-state index < -0.39 is 12.0 Å². The number of hydrogen-bond acceptors (Lipinski definition) is 4. The van der Waals surface area contributed by atoms with Crippen molar-refractivity contribution in [3.05, 3.63) is 71.0 Å². The molecule has 41 heavy (non-hydrogen) atoms. The summed E-state index contributed by atoms with van der Waals surface area (Å²) in [4.78, 5) is 17.3. The lowest BCUT2D eigenvalue weighted by Gasteiger charge is -2.37. The predicted molar refractivity (Wildman–Crippen MR) is 160 cm³/mol. The van der Waals surface area contributed by atoms with Crippen LogP contribution >= 0.6 is 0 Å².